The maximum Gasteiger partial charge on any atom is 0.223 e. The number of rotatable bonds is 4. The summed E-state index contributed by atoms with van der Waals surface area (Å²) in [6, 6.07) is 1.97. The van der Waals surface area contributed by atoms with E-state index in [0.29, 0.717) is 18.3 Å². The molecule has 2 rings (SSSR count). The highest BCUT2D eigenvalue weighted by Crippen LogP contribution is 1.97. The molecule has 0 saturated heterocycles. The van der Waals surface area contributed by atoms with Gasteiger partial charge in [0, 0.05) is 26.7 Å². The molecule has 0 aliphatic rings. The van der Waals surface area contributed by atoms with Crippen molar-refractivity contribution in [1.29, 1.82) is 0 Å². The van der Waals surface area contributed by atoms with Crippen LogP contribution in [0.5, 0.6) is 0 Å². The first-order valence-electron chi connectivity index (χ1n) is 4.72. The van der Waals surface area contributed by atoms with E-state index in [-0.39, 0.29) is 0 Å². The van der Waals surface area contributed by atoms with Crippen molar-refractivity contribution in [3.8, 4) is 0 Å². The van der Waals surface area contributed by atoms with Crippen LogP contribution in [-0.4, -0.2) is 19.9 Å². The fourth-order valence-electron chi connectivity index (χ4n) is 1.29. The van der Waals surface area contributed by atoms with Gasteiger partial charge in [0.25, 0.3) is 0 Å². The number of hydrogen-bond donors (Lipinski definition) is 1. The second kappa shape index (κ2) is 4.22. The van der Waals surface area contributed by atoms with Gasteiger partial charge in [-0.05, 0) is 6.07 Å². The lowest BCUT2D eigenvalue weighted by Gasteiger charge is -2.01. The number of nitrogens with zero attached hydrogens (tertiary/aromatic N) is 4. The van der Waals surface area contributed by atoms with Crippen LogP contribution in [0.3, 0.4) is 0 Å². The smallest absolute Gasteiger partial charge is 0.223 e. The van der Waals surface area contributed by atoms with Gasteiger partial charge < -0.3 is 9.84 Å². The fourth-order valence-corrected chi connectivity index (χ4v) is 1.29. The quantitative estimate of drug-likeness (QED) is 0.786. The van der Waals surface area contributed by atoms with Gasteiger partial charge in [-0.2, -0.15) is 10.1 Å². The Bertz CT molecular complexity index is 433. The lowest BCUT2D eigenvalue weighted by atomic mass is 10.4. The molecular formula is C9H13N5O. The first-order chi connectivity index (χ1) is 7.25. The summed E-state index contributed by atoms with van der Waals surface area (Å²) in [5, 5.41) is 11.1. The summed E-state index contributed by atoms with van der Waals surface area (Å²) in [6.45, 7) is 3.12. The van der Waals surface area contributed by atoms with Crippen LogP contribution < -0.4 is 5.32 Å². The first-order valence-corrected chi connectivity index (χ1v) is 4.72. The Labute approximate surface area is 87.3 Å². The summed E-state index contributed by atoms with van der Waals surface area (Å²) in [6.07, 6.45) is 1.77. The van der Waals surface area contributed by atoms with E-state index in [9.17, 15) is 0 Å². The van der Waals surface area contributed by atoms with E-state index in [4.69, 9.17) is 4.52 Å². The fraction of sp³-hybridized carbons (Fsp3) is 0.444. The summed E-state index contributed by atoms with van der Waals surface area (Å²) >= 11 is 0. The molecule has 0 amide bonds. The molecule has 0 fully saturated rings. The molecule has 2 aromatic heterocycles. The SMILES string of the molecule is Cc1nc(CNCc2ccnn2C)no1. The molecule has 2 heterocycles. The van der Waals surface area contributed by atoms with E-state index in [2.05, 4.69) is 20.6 Å². The monoisotopic (exact) mass is 207 g/mol. The molecule has 80 valence electrons. The molecule has 0 bridgehead atoms. The average Bonchev–Trinajstić information content (AvgIpc) is 2.77. The highest BCUT2D eigenvalue weighted by atomic mass is 16.5. The minimum absolute atomic E-state index is 0.590. The maximum atomic E-state index is 4.86. The van der Waals surface area contributed by atoms with Crippen LogP contribution in [0.25, 0.3) is 0 Å². The van der Waals surface area contributed by atoms with Crippen molar-refractivity contribution in [2.75, 3.05) is 0 Å². The number of hydrogen-bond acceptors (Lipinski definition) is 5. The Morgan fingerprint density at radius 3 is 2.93 bits per heavy atom. The summed E-state index contributed by atoms with van der Waals surface area (Å²) in [5.74, 6) is 1.27. The Kier molecular flexibility index (Phi) is 2.77. The van der Waals surface area contributed by atoms with Crippen LogP contribution in [-0.2, 0) is 20.1 Å². The van der Waals surface area contributed by atoms with E-state index in [1.54, 1.807) is 13.1 Å². The van der Waals surface area contributed by atoms with Gasteiger partial charge in [-0.3, -0.25) is 4.68 Å². The predicted molar refractivity (Wildman–Crippen MR) is 52.8 cm³/mol. The highest BCUT2D eigenvalue weighted by Gasteiger charge is 2.02. The molecule has 0 spiro atoms. The van der Waals surface area contributed by atoms with Gasteiger partial charge >= 0.3 is 0 Å². The minimum atomic E-state index is 0.590. The normalized spacial score (nSPS) is 10.8. The molecule has 0 atom stereocenters. The Balaban J connectivity index is 1.83. The first kappa shape index (κ1) is 9.85. The highest BCUT2D eigenvalue weighted by molar-refractivity contribution is 4.99. The van der Waals surface area contributed by atoms with Crippen LogP contribution in [0.1, 0.15) is 17.4 Å². The van der Waals surface area contributed by atoms with Crippen molar-refractivity contribution in [1.82, 2.24) is 25.2 Å². The van der Waals surface area contributed by atoms with E-state index < -0.39 is 0 Å². The summed E-state index contributed by atoms with van der Waals surface area (Å²) in [7, 11) is 1.91. The minimum Gasteiger partial charge on any atom is -0.340 e. The lowest BCUT2D eigenvalue weighted by Crippen LogP contribution is -2.16. The molecule has 2 aromatic rings. The summed E-state index contributed by atoms with van der Waals surface area (Å²) in [4.78, 5) is 4.09. The van der Waals surface area contributed by atoms with Crippen LogP contribution in [0.15, 0.2) is 16.8 Å². The van der Waals surface area contributed by atoms with Gasteiger partial charge in [0.1, 0.15) is 0 Å². The molecule has 0 aromatic carbocycles. The lowest BCUT2D eigenvalue weighted by molar-refractivity contribution is 0.385. The van der Waals surface area contributed by atoms with Crippen LogP contribution in [0.4, 0.5) is 0 Å². The maximum absolute atomic E-state index is 4.86. The number of nitrogens with one attached hydrogen (secondary N) is 1. The second-order valence-electron chi connectivity index (χ2n) is 3.28. The average molecular weight is 207 g/mol. The summed E-state index contributed by atoms with van der Waals surface area (Å²) < 4.78 is 6.69. The van der Waals surface area contributed by atoms with E-state index >= 15 is 0 Å². The molecule has 0 aliphatic heterocycles. The third kappa shape index (κ3) is 2.41. The standard InChI is InChI=1S/C9H13N5O/c1-7-12-9(13-15-7)6-10-5-8-3-4-11-14(8)2/h3-4,10H,5-6H2,1-2H3. The van der Waals surface area contributed by atoms with E-state index in [1.807, 2.05) is 17.8 Å². The molecule has 0 aliphatic carbocycles. The molecule has 1 N–H and O–H groups in total. The molecule has 0 unspecified atom stereocenters. The molecule has 6 nitrogen and oxygen atoms in total. The molecular weight excluding hydrogens is 194 g/mol. The third-order valence-corrected chi connectivity index (χ3v) is 2.08. The van der Waals surface area contributed by atoms with Gasteiger partial charge in [0.05, 0.1) is 12.2 Å². The zero-order valence-corrected chi connectivity index (χ0v) is 8.77. The zero-order valence-electron chi connectivity index (χ0n) is 8.77. The van der Waals surface area contributed by atoms with Crippen molar-refractivity contribution in [2.45, 2.75) is 20.0 Å². The predicted octanol–water partition coefficient (Wildman–Crippen LogP) is 0.401. The van der Waals surface area contributed by atoms with Gasteiger partial charge in [0.2, 0.25) is 5.89 Å². The second-order valence-corrected chi connectivity index (χ2v) is 3.28. The topological polar surface area (TPSA) is 68.8 Å². The number of aryl methyl sites for hydroxylation is 2. The van der Waals surface area contributed by atoms with Crippen LogP contribution in [0.2, 0.25) is 0 Å². The van der Waals surface area contributed by atoms with E-state index in [1.165, 1.54) is 0 Å². The molecule has 6 heteroatoms. The van der Waals surface area contributed by atoms with Crippen LogP contribution in [0, 0.1) is 6.92 Å². The van der Waals surface area contributed by atoms with Crippen molar-refractivity contribution < 1.29 is 4.52 Å². The van der Waals surface area contributed by atoms with E-state index in [0.717, 1.165) is 12.2 Å². The van der Waals surface area contributed by atoms with Crippen molar-refractivity contribution in [2.24, 2.45) is 7.05 Å². The van der Waals surface area contributed by atoms with Gasteiger partial charge in [-0.25, -0.2) is 0 Å². The van der Waals surface area contributed by atoms with Gasteiger partial charge in [0.15, 0.2) is 5.82 Å². The van der Waals surface area contributed by atoms with Gasteiger partial charge in [-0.1, -0.05) is 5.16 Å². The molecule has 15 heavy (non-hydrogen) atoms. The molecule has 0 radical (unpaired) electrons. The third-order valence-electron chi connectivity index (χ3n) is 2.08. The molecule has 0 saturated carbocycles. The summed E-state index contributed by atoms with van der Waals surface area (Å²) in [5.41, 5.74) is 1.12. The van der Waals surface area contributed by atoms with Crippen LogP contribution >= 0.6 is 0 Å². The zero-order chi connectivity index (χ0) is 10.7. The van der Waals surface area contributed by atoms with Gasteiger partial charge in [-0.15, -0.1) is 0 Å². The van der Waals surface area contributed by atoms with Crippen molar-refractivity contribution >= 4 is 0 Å². The Hall–Kier alpha value is -1.69. The Morgan fingerprint density at radius 1 is 1.47 bits per heavy atom. The van der Waals surface area contributed by atoms with Crippen molar-refractivity contribution in [3.05, 3.63) is 29.7 Å². The number of aromatic nitrogens is 4. The Morgan fingerprint density at radius 2 is 2.33 bits per heavy atom. The largest absolute Gasteiger partial charge is 0.340 e. The van der Waals surface area contributed by atoms with Crippen molar-refractivity contribution in [3.63, 3.8) is 0 Å².